The van der Waals surface area contributed by atoms with Gasteiger partial charge in [0.05, 0.1) is 16.9 Å². The van der Waals surface area contributed by atoms with Crippen LogP contribution in [-0.2, 0) is 6.61 Å². The minimum absolute atomic E-state index is 0.0872. The first kappa shape index (κ1) is 15.1. The van der Waals surface area contributed by atoms with Crippen LogP contribution in [0.5, 0.6) is 5.75 Å². The first-order valence-electron chi connectivity index (χ1n) is 7.97. The van der Waals surface area contributed by atoms with E-state index >= 15 is 0 Å². The van der Waals surface area contributed by atoms with E-state index in [1.807, 2.05) is 48.5 Å². The maximum absolute atomic E-state index is 11.9. The molecule has 0 aliphatic carbocycles. The lowest BCUT2D eigenvalue weighted by Gasteiger charge is -2.09. The van der Waals surface area contributed by atoms with E-state index in [1.165, 1.54) is 6.07 Å². The molecular weight excluding hydrogens is 312 g/mol. The van der Waals surface area contributed by atoms with Gasteiger partial charge >= 0.3 is 0 Å². The number of hydrogen-bond acceptors (Lipinski definition) is 3. The van der Waals surface area contributed by atoms with E-state index in [-0.39, 0.29) is 5.56 Å². The number of hydrogen-bond donors (Lipinski definition) is 0. The molecule has 0 amide bonds. The van der Waals surface area contributed by atoms with E-state index in [0.29, 0.717) is 12.4 Å². The number of para-hydroxylation sites is 1. The highest BCUT2D eigenvalue weighted by molar-refractivity contribution is 5.78. The Kier molecular flexibility index (Phi) is 4.01. The molecule has 25 heavy (non-hydrogen) atoms. The molecule has 0 spiro atoms. The molecule has 0 saturated carbocycles. The van der Waals surface area contributed by atoms with Gasteiger partial charge in [0, 0.05) is 29.8 Å². The van der Waals surface area contributed by atoms with Gasteiger partial charge in [-0.05, 0) is 30.3 Å². The standard InChI is InChI=1S/C21H15N2O2/c24-21-10-3-4-13-23(21)18-7-5-8-19(14-18)25-15-17-12-11-16-6-1-2-9-20(16)22-17/h1-7,9-14H,15H2. The lowest BCUT2D eigenvalue weighted by molar-refractivity contribution is 0.301. The summed E-state index contributed by atoms with van der Waals surface area (Å²) >= 11 is 0. The van der Waals surface area contributed by atoms with Crippen molar-refractivity contribution in [3.05, 3.63) is 101 Å². The first-order valence-corrected chi connectivity index (χ1v) is 7.97. The molecule has 0 aliphatic rings. The topological polar surface area (TPSA) is 44.1 Å². The number of aromatic nitrogens is 2. The van der Waals surface area contributed by atoms with Crippen LogP contribution in [0.3, 0.4) is 0 Å². The highest BCUT2D eigenvalue weighted by atomic mass is 16.5. The summed E-state index contributed by atoms with van der Waals surface area (Å²) in [4.78, 5) is 16.5. The predicted molar refractivity (Wildman–Crippen MR) is 97.0 cm³/mol. The van der Waals surface area contributed by atoms with Crippen LogP contribution in [-0.4, -0.2) is 9.55 Å². The molecule has 4 rings (SSSR count). The number of benzene rings is 2. The Bertz CT molecular complexity index is 1090. The fourth-order valence-electron chi connectivity index (χ4n) is 2.65. The van der Waals surface area contributed by atoms with Crippen LogP contribution >= 0.6 is 0 Å². The predicted octanol–water partition coefficient (Wildman–Crippen LogP) is 3.76. The minimum atomic E-state index is -0.0872. The highest BCUT2D eigenvalue weighted by Crippen LogP contribution is 2.17. The van der Waals surface area contributed by atoms with Crippen molar-refractivity contribution < 1.29 is 4.74 Å². The third kappa shape index (κ3) is 3.28. The quantitative estimate of drug-likeness (QED) is 0.573. The second-order valence-corrected chi connectivity index (χ2v) is 5.60. The fraction of sp³-hybridized carbons (Fsp3) is 0.0476. The number of nitrogens with zero attached hydrogens (tertiary/aromatic N) is 2. The fourth-order valence-corrected chi connectivity index (χ4v) is 2.65. The van der Waals surface area contributed by atoms with Crippen molar-refractivity contribution in [1.82, 2.24) is 9.55 Å². The first-order chi connectivity index (χ1) is 12.3. The second-order valence-electron chi connectivity index (χ2n) is 5.60. The summed E-state index contributed by atoms with van der Waals surface area (Å²) < 4.78 is 7.37. The Morgan fingerprint density at radius 1 is 1.00 bits per heavy atom. The van der Waals surface area contributed by atoms with Crippen LogP contribution in [0, 0.1) is 6.07 Å². The Labute approximate surface area is 145 Å². The smallest absolute Gasteiger partial charge is 0.255 e. The molecule has 0 saturated heterocycles. The highest BCUT2D eigenvalue weighted by Gasteiger charge is 2.03. The van der Waals surface area contributed by atoms with Gasteiger partial charge < -0.3 is 4.74 Å². The number of pyridine rings is 2. The third-order valence-corrected chi connectivity index (χ3v) is 3.89. The van der Waals surface area contributed by atoms with Crippen molar-refractivity contribution in [3.63, 3.8) is 0 Å². The van der Waals surface area contributed by atoms with E-state index in [4.69, 9.17) is 4.74 Å². The zero-order valence-electron chi connectivity index (χ0n) is 13.4. The number of ether oxygens (including phenoxy) is 1. The molecule has 4 aromatic rings. The molecule has 1 radical (unpaired) electrons. The van der Waals surface area contributed by atoms with Gasteiger partial charge in [0.15, 0.2) is 0 Å². The van der Waals surface area contributed by atoms with Crippen LogP contribution in [0.4, 0.5) is 0 Å². The molecule has 4 nitrogen and oxygen atoms in total. The summed E-state index contributed by atoms with van der Waals surface area (Å²) in [7, 11) is 0. The SMILES string of the molecule is O=c1ccccn1-c1cc[c]c(OCc2ccc3ccccc3n2)c1. The molecule has 4 heteroatoms. The normalized spacial score (nSPS) is 10.7. The third-order valence-electron chi connectivity index (χ3n) is 3.89. The average Bonchev–Trinajstić information content (AvgIpc) is 2.67. The summed E-state index contributed by atoms with van der Waals surface area (Å²) in [5.41, 5.74) is 2.44. The van der Waals surface area contributed by atoms with Crippen LogP contribution in [0.25, 0.3) is 16.6 Å². The molecule has 0 fully saturated rings. The van der Waals surface area contributed by atoms with Crippen LogP contribution in [0.15, 0.2) is 83.8 Å². The Hall–Kier alpha value is -3.40. The van der Waals surface area contributed by atoms with Gasteiger partial charge in [-0.3, -0.25) is 9.36 Å². The molecule has 0 atom stereocenters. The molecule has 0 unspecified atom stereocenters. The zero-order valence-corrected chi connectivity index (χ0v) is 13.4. The van der Waals surface area contributed by atoms with E-state index < -0.39 is 0 Å². The Balaban J connectivity index is 1.55. The molecular formula is C21H15N2O2. The Morgan fingerprint density at radius 3 is 2.80 bits per heavy atom. The Morgan fingerprint density at radius 2 is 1.88 bits per heavy atom. The van der Waals surface area contributed by atoms with Gasteiger partial charge in [0.25, 0.3) is 5.56 Å². The molecule has 2 aromatic heterocycles. The van der Waals surface area contributed by atoms with E-state index in [1.54, 1.807) is 29.0 Å². The molecule has 0 N–H and O–H groups in total. The van der Waals surface area contributed by atoms with Crippen LogP contribution < -0.4 is 10.3 Å². The summed E-state index contributed by atoms with van der Waals surface area (Å²) in [6.45, 7) is 0.342. The molecule has 0 aliphatic heterocycles. The van der Waals surface area contributed by atoms with Gasteiger partial charge in [0.1, 0.15) is 12.4 Å². The molecule has 2 aromatic carbocycles. The van der Waals surface area contributed by atoms with Crippen molar-refractivity contribution in [2.75, 3.05) is 0 Å². The zero-order chi connectivity index (χ0) is 17.1. The maximum Gasteiger partial charge on any atom is 0.255 e. The van der Waals surface area contributed by atoms with Crippen molar-refractivity contribution in [3.8, 4) is 11.4 Å². The molecule has 0 bridgehead atoms. The summed E-state index contributed by atoms with van der Waals surface area (Å²) in [6, 6.07) is 25.4. The molecule has 121 valence electrons. The summed E-state index contributed by atoms with van der Waals surface area (Å²) in [6.07, 6.45) is 1.73. The van der Waals surface area contributed by atoms with Crippen molar-refractivity contribution >= 4 is 10.9 Å². The van der Waals surface area contributed by atoms with Crippen molar-refractivity contribution in [2.45, 2.75) is 6.61 Å². The van der Waals surface area contributed by atoms with Gasteiger partial charge in [-0.2, -0.15) is 0 Å². The average molecular weight is 327 g/mol. The van der Waals surface area contributed by atoms with Crippen LogP contribution in [0.2, 0.25) is 0 Å². The van der Waals surface area contributed by atoms with Crippen LogP contribution in [0.1, 0.15) is 5.69 Å². The maximum atomic E-state index is 11.9. The van der Waals surface area contributed by atoms with Gasteiger partial charge in [-0.25, -0.2) is 4.98 Å². The number of fused-ring (bicyclic) bond motifs is 1. The number of rotatable bonds is 4. The van der Waals surface area contributed by atoms with Gasteiger partial charge in [0.2, 0.25) is 0 Å². The van der Waals surface area contributed by atoms with Crippen molar-refractivity contribution in [1.29, 1.82) is 0 Å². The largest absolute Gasteiger partial charge is 0.487 e. The van der Waals surface area contributed by atoms with E-state index in [0.717, 1.165) is 22.3 Å². The molecule has 2 heterocycles. The van der Waals surface area contributed by atoms with Gasteiger partial charge in [-0.1, -0.05) is 30.3 Å². The van der Waals surface area contributed by atoms with E-state index in [2.05, 4.69) is 11.1 Å². The lowest BCUT2D eigenvalue weighted by atomic mass is 10.2. The van der Waals surface area contributed by atoms with Crippen molar-refractivity contribution in [2.24, 2.45) is 0 Å². The summed E-state index contributed by atoms with van der Waals surface area (Å²) in [5.74, 6) is 0.572. The monoisotopic (exact) mass is 327 g/mol. The second kappa shape index (κ2) is 6.61. The van der Waals surface area contributed by atoms with E-state index in [9.17, 15) is 4.79 Å². The minimum Gasteiger partial charge on any atom is -0.487 e. The lowest BCUT2D eigenvalue weighted by Crippen LogP contribution is -2.15. The summed E-state index contributed by atoms with van der Waals surface area (Å²) in [5, 5.41) is 1.10. The van der Waals surface area contributed by atoms with Gasteiger partial charge in [-0.15, -0.1) is 0 Å².